The van der Waals surface area contributed by atoms with Crippen molar-refractivity contribution in [1.82, 2.24) is 25.2 Å². The van der Waals surface area contributed by atoms with Gasteiger partial charge in [-0.25, -0.2) is 9.97 Å². The van der Waals surface area contributed by atoms with Gasteiger partial charge in [0.05, 0.1) is 19.1 Å². The smallest absolute Gasteiger partial charge is 0.237 e. The molecule has 3 heterocycles. The van der Waals surface area contributed by atoms with Gasteiger partial charge in [-0.05, 0) is 37.1 Å². The Bertz CT molecular complexity index is 868. The topological polar surface area (TPSA) is 71.8 Å². The zero-order chi connectivity index (χ0) is 17.1. The van der Waals surface area contributed by atoms with Crippen LogP contribution in [0.5, 0.6) is 0 Å². The zero-order valence-electron chi connectivity index (χ0n) is 14.0. The van der Waals surface area contributed by atoms with Gasteiger partial charge in [0.15, 0.2) is 5.65 Å². The van der Waals surface area contributed by atoms with Crippen LogP contribution in [0.25, 0.3) is 11.2 Å². The molecule has 1 aliphatic rings. The number of benzene rings is 1. The summed E-state index contributed by atoms with van der Waals surface area (Å²) in [6, 6.07) is 14.0. The highest BCUT2D eigenvalue weighted by atomic mass is 16.2. The van der Waals surface area contributed by atoms with Crippen LogP contribution in [-0.4, -0.2) is 33.0 Å². The lowest BCUT2D eigenvalue weighted by Crippen LogP contribution is -2.40. The fourth-order valence-corrected chi connectivity index (χ4v) is 3.27. The van der Waals surface area contributed by atoms with Gasteiger partial charge in [0.1, 0.15) is 11.3 Å². The third-order valence-electron chi connectivity index (χ3n) is 4.56. The van der Waals surface area contributed by atoms with Crippen molar-refractivity contribution in [3.05, 3.63) is 60.0 Å². The van der Waals surface area contributed by atoms with E-state index in [4.69, 9.17) is 0 Å². The Morgan fingerprint density at radius 2 is 2.12 bits per heavy atom. The summed E-state index contributed by atoms with van der Waals surface area (Å²) in [7, 11) is 0. The molecule has 128 valence electrons. The molecule has 1 amide bonds. The number of carbonyl (C=O) groups is 1. The summed E-state index contributed by atoms with van der Waals surface area (Å²) in [5.41, 5.74) is 2.87. The number of nitrogens with one attached hydrogen (secondary N) is 2. The number of pyridine rings is 1. The summed E-state index contributed by atoms with van der Waals surface area (Å²) >= 11 is 0. The molecule has 1 saturated heterocycles. The maximum absolute atomic E-state index is 12.3. The van der Waals surface area contributed by atoms with Crippen LogP contribution in [0.2, 0.25) is 0 Å². The highest BCUT2D eigenvalue weighted by Gasteiger charge is 2.22. The Kier molecular flexibility index (Phi) is 4.43. The first-order chi connectivity index (χ1) is 12.3. The van der Waals surface area contributed by atoms with Crippen molar-refractivity contribution in [3.63, 3.8) is 0 Å². The Hall–Kier alpha value is -2.73. The summed E-state index contributed by atoms with van der Waals surface area (Å²) < 4.78 is 2.08. The van der Waals surface area contributed by atoms with Crippen molar-refractivity contribution in [2.24, 2.45) is 0 Å². The summed E-state index contributed by atoms with van der Waals surface area (Å²) in [6.45, 7) is 2.00. The maximum Gasteiger partial charge on any atom is 0.237 e. The van der Waals surface area contributed by atoms with Crippen LogP contribution in [0.3, 0.4) is 0 Å². The molecule has 0 radical (unpaired) electrons. The van der Waals surface area contributed by atoms with E-state index in [2.05, 4.69) is 37.3 Å². The molecule has 2 aromatic heterocycles. The van der Waals surface area contributed by atoms with Crippen molar-refractivity contribution < 1.29 is 4.79 Å². The van der Waals surface area contributed by atoms with Crippen LogP contribution in [0.4, 0.5) is 0 Å². The second-order valence-corrected chi connectivity index (χ2v) is 6.31. The van der Waals surface area contributed by atoms with Crippen LogP contribution >= 0.6 is 0 Å². The molecule has 6 nitrogen and oxygen atoms in total. The SMILES string of the molecule is O=C(NCc1nc2cccnc2n1Cc1ccccc1)[C@H]1CCCN1. The van der Waals surface area contributed by atoms with Crippen LogP contribution in [0, 0.1) is 0 Å². The zero-order valence-corrected chi connectivity index (χ0v) is 14.0. The number of nitrogens with zero attached hydrogens (tertiary/aromatic N) is 3. The molecule has 4 rings (SSSR count). The maximum atomic E-state index is 12.3. The highest BCUT2D eigenvalue weighted by molar-refractivity contribution is 5.82. The number of carbonyl (C=O) groups excluding carboxylic acids is 1. The van der Waals surface area contributed by atoms with Gasteiger partial charge in [-0.3, -0.25) is 4.79 Å². The predicted molar refractivity (Wildman–Crippen MR) is 95.9 cm³/mol. The van der Waals surface area contributed by atoms with E-state index in [-0.39, 0.29) is 11.9 Å². The number of fused-ring (bicyclic) bond motifs is 1. The molecule has 0 bridgehead atoms. The summed E-state index contributed by atoms with van der Waals surface area (Å²) in [5.74, 6) is 0.868. The van der Waals surface area contributed by atoms with Gasteiger partial charge in [0.25, 0.3) is 0 Å². The standard InChI is InChI=1S/C19H21N5O/c25-19(16-9-5-10-20-16)22-12-17-23-15-8-4-11-21-18(15)24(17)13-14-6-2-1-3-7-14/h1-4,6-8,11,16,20H,5,9-10,12-13H2,(H,22,25)/t16-/m1/s1. The fraction of sp³-hybridized carbons (Fsp3) is 0.316. The van der Waals surface area contributed by atoms with Crippen molar-refractivity contribution >= 4 is 17.1 Å². The lowest BCUT2D eigenvalue weighted by molar-refractivity contribution is -0.123. The number of rotatable bonds is 5. The quantitative estimate of drug-likeness (QED) is 0.746. The van der Waals surface area contributed by atoms with Crippen molar-refractivity contribution in [2.45, 2.75) is 32.0 Å². The summed E-state index contributed by atoms with van der Waals surface area (Å²) in [5, 5.41) is 6.24. The van der Waals surface area contributed by atoms with E-state index >= 15 is 0 Å². The molecular formula is C19H21N5O. The predicted octanol–water partition coefficient (Wildman–Crippen LogP) is 1.85. The first kappa shape index (κ1) is 15.8. The first-order valence-electron chi connectivity index (χ1n) is 8.66. The molecule has 0 unspecified atom stereocenters. The minimum atomic E-state index is -0.0786. The number of amides is 1. The Morgan fingerprint density at radius 3 is 2.92 bits per heavy atom. The van der Waals surface area contributed by atoms with Gasteiger partial charge in [0.2, 0.25) is 5.91 Å². The number of aromatic nitrogens is 3. The van der Waals surface area contributed by atoms with E-state index in [1.807, 2.05) is 30.3 Å². The number of hydrogen-bond acceptors (Lipinski definition) is 4. The van der Waals surface area contributed by atoms with Crippen molar-refractivity contribution in [3.8, 4) is 0 Å². The van der Waals surface area contributed by atoms with E-state index in [1.165, 1.54) is 5.56 Å². The molecule has 1 aromatic carbocycles. The molecular weight excluding hydrogens is 314 g/mol. The molecule has 3 aromatic rings. The third kappa shape index (κ3) is 3.39. The van der Waals surface area contributed by atoms with Crippen molar-refractivity contribution in [1.29, 1.82) is 0 Å². The lowest BCUT2D eigenvalue weighted by atomic mass is 10.2. The first-order valence-corrected chi connectivity index (χ1v) is 8.66. The van der Waals surface area contributed by atoms with Gasteiger partial charge in [-0.15, -0.1) is 0 Å². The number of hydrogen-bond donors (Lipinski definition) is 2. The molecule has 1 fully saturated rings. The molecule has 0 spiro atoms. The molecule has 0 aliphatic carbocycles. The van der Waals surface area contributed by atoms with E-state index in [1.54, 1.807) is 6.20 Å². The van der Waals surface area contributed by atoms with E-state index in [9.17, 15) is 4.79 Å². The molecule has 1 aliphatic heterocycles. The Labute approximate surface area is 146 Å². The van der Waals surface area contributed by atoms with Gasteiger partial charge in [-0.2, -0.15) is 0 Å². The van der Waals surface area contributed by atoms with Crippen molar-refractivity contribution in [2.75, 3.05) is 6.54 Å². The summed E-state index contributed by atoms with van der Waals surface area (Å²) in [4.78, 5) is 21.4. The Morgan fingerprint density at radius 1 is 1.24 bits per heavy atom. The average Bonchev–Trinajstić information content (AvgIpc) is 3.29. The molecule has 1 atom stereocenters. The van der Waals surface area contributed by atoms with Crippen LogP contribution in [0.1, 0.15) is 24.2 Å². The van der Waals surface area contributed by atoms with E-state index < -0.39 is 0 Å². The molecule has 0 saturated carbocycles. The molecule has 25 heavy (non-hydrogen) atoms. The highest BCUT2D eigenvalue weighted by Crippen LogP contribution is 2.16. The fourth-order valence-electron chi connectivity index (χ4n) is 3.27. The minimum absolute atomic E-state index is 0.0452. The van der Waals surface area contributed by atoms with E-state index in [0.717, 1.165) is 36.4 Å². The van der Waals surface area contributed by atoms with Gasteiger partial charge < -0.3 is 15.2 Å². The second kappa shape index (κ2) is 7.03. The largest absolute Gasteiger partial charge is 0.348 e. The monoisotopic (exact) mass is 335 g/mol. The lowest BCUT2D eigenvalue weighted by Gasteiger charge is -2.12. The summed E-state index contributed by atoms with van der Waals surface area (Å²) in [6.07, 6.45) is 3.72. The molecule has 2 N–H and O–H groups in total. The van der Waals surface area contributed by atoms with E-state index in [0.29, 0.717) is 13.1 Å². The normalized spacial score (nSPS) is 17.0. The second-order valence-electron chi connectivity index (χ2n) is 6.31. The Balaban J connectivity index is 1.58. The van der Waals surface area contributed by atoms with Gasteiger partial charge in [-0.1, -0.05) is 30.3 Å². The third-order valence-corrected chi connectivity index (χ3v) is 4.56. The average molecular weight is 335 g/mol. The van der Waals surface area contributed by atoms with Crippen LogP contribution in [-0.2, 0) is 17.9 Å². The number of imidazole rings is 1. The van der Waals surface area contributed by atoms with Crippen LogP contribution in [0.15, 0.2) is 48.7 Å². The van der Waals surface area contributed by atoms with Crippen LogP contribution < -0.4 is 10.6 Å². The van der Waals surface area contributed by atoms with Gasteiger partial charge >= 0.3 is 0 Å². The molecule has 6 heteroatoms. The minimum Gasteiger partial charge on any atom is -0.348 e. The van der Waals surface area contributed by atoms with Gasteiger partial charge in [0, 0.05) is 6.20 Å².